The van der Waals surface area contributed by atoms with Crippen LogP contribution in [0.4, 0.5) is 0 Å². The van der Waals surface area contributed by atoms with Gasteiger partial charge in [-0.2, -0.15) is 0 Å². The molecule has 0 bridgehead atoms. The van der Waals surface area contributed by atoms with E-state index in [0.29, 0.717) is 19.4 Å². The maximum atomic E-state index is 11.8. The average Bonchev–Trinajstić information content (AvgIpc) is 2.69. The highest BCUT2D eigenvalue weighted by Gasteiger charge is 2.36. The first-order chi connectivity index (χ1) is 13.8. The Hall–Kier alpha value is -0.890. The number of aliphatic hydroxyl groups is 7. The molecule has 1 amide bonds. The van der Waals surface area contributed by atoms with Crippen LogP contribution in [-0.2, 0) is 14.3 Å². The fourth-order valence-electron chi connectivity index (χ4n) is 3.23. The number of ether oxygens (including phenoxy) is 2. The molecule has 0 aromatic carbocycles. The van der Waals surface area contributed by atoms with Gasteiger partial charge in [0.05, 0.1) is 50.2 Å². The third-order valence-electron chi connectivity index (χ3n) is 4.87. The molecule has 2 aliphatic rings. The minimum absolute atomic E-state index is 0.0162. The number of carbonyl (C=O) groups is 1. The Morgan fingerprint density at radius 2 is 1.72 bits per heavy atom. The van der Waals surface area contributed by atoms with E-state index in [0.717, 1.165) is 6.42 Å². The van der Waals surface area contributed by atoms with Gasteiger partial charge in [-0.1, -0.05) is 6.92 Å². The third-order valence-corrected chi connectivity index (χ3v) is 4.87. The normalized spacial score (nSPS) is 35.9. The number of carbonyl (C=O) groups excluding carboxylic acids is 1. The number of hydrogen-bond acceptors (Lipinski definition) is 10. The summed E-state index contributed by atoms with van der Waals surface area (Å²) in [6.07, 6.45) is -4.25. The van der Waals surface area contributed by atoms with Crippen LogP contribution >= 0.6 is 0 Å². The van der Waals surface area contributed by atoms with Gasteiger partial charge in [0.15, 0.2) is 6.29 Å². The molecular weight excluding hydrogens is 390 g/mol. The van der Waals surface area contributed by atoms with Crippen molar-refractivity contribution < 1.29 is 50.0 Å². The van der Waals surface area contributed by atoms with Crippen LogP contribution in [0.3, 0.4) is 0 Å². The molecule has 0 aromatic rings. The molecule has 29 heavy (non-hydrogen) atoms. The Morgan fingerprint density at radius 3 is 2.28 bits per heavy atom. The van der Waals surface area contributed by atoms with Crippen molar-refractivity contribution in [1.29, 1.82) is 0 Å². The van der Waals surface area contributed by atoms with E-state index in [1.165, 1.54) is 0 Å². The summed E-state index contributed by atoms with van der Waals surface area (Å²) in [5.41, 5.74) is 0. The Morgan fingerprint density at radius 1 is 1.03 bits per heavy atom. The van der Waals surface area contributed by atoms with Gasteiger partial charge in [-0.15, -0.1) is 0 Å². The Kier molecular flexibility index (Phi) is 12.1. The number of hydrogen-bond donors (Lipinski definition) is 8. The molecule has 0 aliphatic carbocycles. The second kappa shape index (κ2) is 13.4. The Balaban J connectivity index is 0.000000326. The molecule has 0 saturated carbocycles. The van der Waals surface area contributed by atoms with E-state index in [-0.39, 0.29) is 25.5 Å². The quantitative estimate of drug-likeness (QED) is 0.207. The molecule has 2 heterocycles. The molecule has 2 fully saturated rings. The van der Waals surface area contributed by atoms with Crippen LogP contribution in [0, 0.1) is 5.92 Å². The molecule has 2 rings (SSSR count). The maximum absolute atomic E-state index is 11.8. The molecule has 8 unspecified atom stereocenters. The summed E-state index contributed by atoms with van der Waals surface area (Å²) < 4.78 is 10.2. The lowest BCUT2D eigenvalue weighted by Gasteiger charge is -2.35. The second-order valence-corrected chi connectivity index (χ2v) is 7.29. The number of aliphatic hydroxyl groups excluding tert-OH is 7. The first-order valence-electron chi connectivity index (χ1n) is 9.90. The minimum atomic E-state index is -1.11. The Labute approximate surface area is 169 Å². The van der Waals surface area contributed by atoms with Crippen molar-refractivity contribution in [2.24, 2.45) is 5.92 Å². The van der Waals surface area contributed by atoms with E-state index in [1.807, 2.05) is 6.92 Å². The van der Waals surface area contributed by atoms with Gasteiger partial charge in [-0.3, -0.25) is 4.79 Å². The predicted octanol–water partition coefficient (Wildman–Crippen LogP) is -3.17. The lowest BCUT2D eigenvalue weighted by molar-refractivity contribution is -0.239. The molecule has 0 aromatic heterocycles. The van der Waals surface area contributed by atoms with E-state index in [4.69, 9.17) is 35.0 Å². The summed E-state index contributed by atoms with van der Waals surface area (Å²) in [5.74, 6) is -0.962. The van der Waals surface area contributed by atoms with Gasteiger partial charge in [0.2, 0.25) is 5.91 Å². The molecule has 2 saturated heterocycles. The van der Waals surface area contributed by atoms with Crippen LogP contribution in [0.1, 0.15) is 32.6 Å². The zero-order valence-corrected chi connectivity index (χ0v) is 16.6. The van der Waals surface area contributed by atoms with E-state index in [9.17, 15) is 15.0 Å². The van der Waals surface area contributed by atoms with Crippen molar-refractivity contribution in [3.05, 3.63) is 0 Å². The second-order valence-electron chi connectivity index (χ2n) is 7.29. The molecular formula is C18H35NO10. The summed E-state index contributed by atoms with van der Waals surface area (Å²) in [7, 11) is 0. The molecule has 11 nitrogen and oxygen atoms in total. The van der Waals surface area contributed by atoms with E-state index >= 15 is 0 Å². The highest BCUT2D eigenvalue weighted by Crippen LogP contribution is 2.25. The van der Waals surface area contributed by atoms with Gasteiger partial charge in [0, 0.05) is 25.8 Å². The predicted molar refractivity (Wildman–Crippen MR) is 99.5 cm³/mol. The molecule has 172 valence electrons. The van der Waals surface area contributed by atoms with Gasteiger partial charge in [0.25, 0.3) is 0 Å². The van der Waals surface area contributed by atoms with Gasteiger partial charge in [-0.25, -0.2) is 0 Å². The summed E-state index contributed by atoms with van der Waals surface area (Å²) in [4.78, 5) is 11.8. The largest absolute Gasteiger partial charge is 0.395 e. The van der Waals surface area contributed by atoms with Crippen LogP contribution in [0.2, 0.25) is 0 Å². The summed E-state index contributed by atoms with van der Waals surface area (Å²) >= 11 is 0. The lowest BCUT2D eigenvalue weighted by Crippen LogP contribution is -2.49. The topological polar surface area (TPSA) is 189 Å². The third kappa shape index (κ3) is 8.40. The SMILES string of the molecule is CCCNC(=O)C(CO)C1CC(O)CC(CO)O1.OCC1OC(O)CC(O)C1O. The smallest absolute Gasteiger partial charge is 0.228 e. The van der Waals surface area contributed by atoms with Gasteiger partial charge in [-0.05, 0) is 6.42 Å². The molecule has 0 radical (unpaired) electrons. The fourth-order valence-corrected chi connectivity index (χ4v) is 3.23. The van der Waals surface area contributed by atoms with Crippen LogP contribution in [0.15, 0.2) is 0 Å². The van der Waals surface area contributed by atoms with Crippen LogP contribution < -0.4 is 5.32 Å². The standard InChI is InChI=1S/C12H23NO5.C6H12O5/c1-2-3-13-12(17)10(7-15)11-5-8(16)4-9(6-14)18-11;7-2-4-6(10)3(8)1-5(9)11-4/h8-11,14-16H,2-7H2,1H3,(H,13,17);3-10H,1-2H2. The summed E-state index contributed by atoms with van der Waals surface area (Å²) in [6.45, 7) is 1.56. The lowest BCUT2D eigenvalue weighted by atomic mass is 9.92. The number of nitrogens with one attached hydrogen (secondary N) is 1. The van der Waals surface area contributed by atoms with Crippen molar-refractivity contribution in [1.82, 2.24) is 5.32 Å². The van der Waals surface area contributed by atoms with E-state index < -0.39 is 55.4 Å². The van der Waals surface area contributed by atoms with Crippen molar-refractivity contribution in [2.45, 2.75) is 75.5 Å². The van der Waals surface area contributed by atoms with Gasteiger partial charge < -0.3 is 50.5 Å². The first-order valence-corrected chi connectivity index (χ1v) is 9.90. The highest BCUT2D eigenvalue weighted by molar-refractivity contribution is 5.79. The minimum Gasteiger partial charge on any atom is -0.395 e. The number of amides is 1. The summed E-state index contributed by atoms with van der Waals surface area (Å²) in [6, 6.07) is 0. The van der Waals surface area contributed by atoms with Crippen molar-refractivity contribution in [3.8, 4) is 0 Å². The van der Waals surface area contributed by atoms with Crippen LogP contribution in [0.5, 0.6) is 0 Å². The molecule has 11 heteroatoms. The van der Waals surface area contributed by atoms with Crippen LogP contribution in [0.25, 0.3) is 0 Å². The van der Waals surface area contributed by atoms with E-state index in [1.54, 1.807) is 0 Å². The van der Waals surface area contributed by atoms with E-state index in [2.05, 4.69) is 5.32 Å². The molecule has 0 spiro atoms. The van der Waals surface area contributed by atoms with Crippen LogP contribution in [-0.4, -0.2) is 111 Å². The summed E-state index contributed by atoms with van der Waals surface area (Å²) in [5, 5.41) is 66.4. The first kappa shape index (κ1) is 26.1. The van der Waals surface area contributed by atoms with Crippen molar-refractivity contribution >= 4 is 5.91 Å². The van der Waals surface area contributed by atoms with Crippen molar-refractivity contribution in [3.63, 3.8) is 0 Å². The molecule has 2 aliphatic heterocycles. The monoisotopic (exact) mass is 425 g/mol. The maximum Gasteiger partial charge on any atom is 0.228 e. The van der Waals surface area contributed by atoms with Gasteiger partial charge >= 0.3 is 0 Å². The number of rotatable bonds is 7. The highest BCUT2D eigenvalue weighted by atomic mass is 16.6. The van der Waals surface area contributed by atoms with Gasteiger partial charge in [0.1, 0.15) is 12.2 Å². The zero-order chi connectivity index (χ0) is 22.0. The zero-order valence-electron chi connectivity index (χ0n) is 16.6. The average molecular weight is 425 g/mol. The molecule has 8 N–H and O–H groups in total. The fraction of sp³-hybridized carbons (Fsp3) is 0.944. The Bertz CT molecular complexity index is 468. The molecule has 8 atom stereocenters. The van der Waals surface area contributed by atoms with Crippen molar-refractivity contribution in [2.75, 3.05) is 26.4 Å².